The second kappa shape index (κ2) is 9.18. The first kappa shape index (κ1) is 20.9. The number of aromatic nitrogens is 1. The molecule has 0 aliphatic carbocycles. The molecule has 4 rings (SSSR count). The largest absolute Gasteiger partial charge is 0.495 e. The van der Waals surface area contributed by atoms with Crippen LogP contribution in [0.5, 0.6) is 5.75 Å². The molecule has 4 aromatic rings. The van der Waals surface area contributed by atoms with Crippen molar-refractivity contribution in [2.24, 2.45) is 0 Å². The lowest BCUT2D eigenvalue weighted by Gasteiger charge is -2.12. The molecular formula is C25H21N3O4. The number of hydrogen-bond donors (Lipinski definition) is 2. The lowest BCUT2D eigenvalue weighted by atomic mass is 10.1. The Morgan fingerprint density at radius 3 is 2.44 bits per heavy atom. The first-order chi connectivity index (χ1) is 15.5. The Hall–Kier alpha value is -4.39. The molecule has 1 aromatic heterocycles. The van der Waals surface area contributed by atoms with Crippen molar-refractivity contribution in [3.05, 3.63) is 84.6 Å². The summed E-state index contributed by atoms with van der Waals surface area (Å²) in [6, 6.07) is 21.7. The van der Waals surface area contributed by atoms with Gasteiger partial charge in [-0.2, -0.15) is 0 Å². The second-order valence-corrected chi connectivity index (χ2v) is 6.99. The molecule has 0 unspecified atom stereocenters. The van der Waals surface area contributed by atoms with Gasteiger partial charge in [0.05, 0.1) is 24.6 Å². The maximum Gasteiger partial charge on any atom is 0.256 e. The number of hydrogen-bond acceptors (Lipinski definition) is 5. The Morgan fingerprint density at radius 1 is 0.938 bits per heavy atom. The van der Waals surface area contributed by atoms with Gasteiger partial charge in [-0.3, -0.25) is 9.59 Å². The number of benzene rings is 3. The molecule has 0 aliphatic heterocycles. The van der Waals surface area contributed by atoms with E-state index in [0.29, 0.717) is 39.9 Å². The summed E-state index contributed by atoms with van der Waals surface area (Å²) in [5.41, 5.74) is 2.85. The number of carbonyl (C=O) groups is 2. The average molecular weight is 427 g/mol. The standard InChI is InChI=1S/C25H21N3O4/c1-16(29)27-21-14-18(12-13-22(21)31-2)28-24(30)19-10-6-7-11-20(19)25-26-15-23(32-25)17-8-4-3-5-9-17/h3-15H,1-2H3,(H,27,29)(H,28,30). The molecule has 2 N–H and O–H groups in total. The molecule has 0 saturated carbocycles. The third-order valence-corrected chi connectivity index (χ3v) is 4.73. The molecule has 7 nitrogen and oxygen atoms in total. The zero-order valence-electron chi connectivity index (χ0n) is 17.6. The fourth-order valence-corrected chi connectivity index (χ4v) is 3.27. The fraction of sp³-hybridized carbons (Fsp3) is 0.0800. The molecule has 1 heterocycles. The van der Waals surface area contributed by atoms with Crippen molar-refractivity contribution in [3.8, 4) is 28.5 Å². The van der Waals surface area contributed by atoms with Gasteiger partial charge in [-0.05, 0) is 30.3 Å². The Kier molecular flexibility index (Phi) is 5.98. The van der Waals surface area contributed by atoms with Gasteiger partial charge in [0.2, 0.25) is 11.8 Å². The summed E-state index contributed by atoms with van der Waals surface area (Å²) < 4.78 is 11.2. The number of rotatable bonds is 6. The molecule has 0 radical (unpaired) electrons. The third-order valence-electron chi connectivity index (χ3n) is 4.73. The molecule has 3 aromatic carbocycles. The average Bonchev–Trinajstić information content (AvgIpc) is 3.30. The highest BCUT2D eigenvalue weighted by molar-refractivity contribution is 6.08. The molecule has 0 saturated heterocycles. The van der Waals surface area contributed by atoms with Crippen LogP contribution in [0.15, 0.2) is 83.4 Å². The van der Waals surface area contributed by atoms with E-state index < -0.39 is 0 Å². The van der Waals surface area contributed by atoms with Crippen molar-refractivity contribution in [1.82, 2.24) is 4.98 Å². The zero-order valence-corrected chi connectivity index (χ0v) is 17.6. The quantitative estimate of drug-likeness (QED) is 0.440. The van der Waals surface area contributed by atoms with Crippen LogP contribution in [0, 0.1) is 0 Å². The van der Waals surface area contributed by atoms with E-state index in [9.17, 15) is 9.59 Å². The number of oxazole rings is 1. The van der Waals surface area contributed by atoms with Gasteiger partial charge in [-0.1, -0.05) is 42.5 Å². The maximum atomic E-state index is 13.1. The normalized spacial score (nSPS) is 10.4. The van der Waals surface area contributed by atoms with Crippen LogP contribution in [0.25, 0.3) is 22.8 Å². The Balaban J connectivity index is 1.61. The minimum Gasteiger partial charge on any atom is -0.495 e. The monoisotopic (exact) mass is 427 g/mol. The smallest absolute Gasteiger partial charge is 0.256 e. The number of carbonyl (C=O) groups excluding carboxylic acids is 2. The topological polar surface area (TPSA) is 93.5 Å². The minimum absolute atomic E-state index is 0.241. The Bertz CT molecular complexity index is 1270. The fourth-order valence-electron chi connectivity index (χ4n) is 3.27. The zero-order chi connectivity index (χ0) is 22.5. The molecule has 32 heavy (non-hydrogen) atoms. The van der Waals surface area contributed by atoms with Gasteiger partial charge in [0, 0.05) is 23.7 Å². The summed E-state index contributed by atoms with van der Waals surface area (Å²) >= 11 is 0. The number of anilines is 2. The van der Waals surface area contributed by atoms with Gasteiger partial charge in [-0.25, -0.2) is 4.98 Å². The van der Waals surface area contributed by atoms with Crippen LogP contribution in [-0.4, -0.2) is 23.9 Å². The van der Waals surface area contributed by atoms with E-state index in [1.165, 1.54) is 14.0 Å². The van der Waals surface area contributed by atoms with E-state index in [0.717, 1.165) is 5.56 Å². The molecule has 7 heteroatoms. The van der Waals surface area contributed by atoms with E-state index in [4.69, 9.17) is 9.15 Å². The highest BCUT2D eigenvalue weighted by Crippen LogP contribution is 2.30. The van der Waals surface area contributed by atoms with Crippen molar-refractivity contribution in [2.75, 3.05) is 17.7 Å². The van der Waals surface area contributed by atoms with Gasteiger partial charge in [0.15, 0.2) is 5.76 Å². The molecule has 2 amide bonds. The number of methoxy groups -OCH3 is 1. The van der Waals surface area contributed by atoms with E-state index in [1.54, 1.807) is 42.6 Å². The SMILES string of the molecule is COc1ccc(NC(=O)c2ccccc2-c2ncc(-c3ccccc3)o2)cc1NC(C)=O. The summed E-state index contributed by atoms with van der Waals surface area (Å²) in [4.78, 5) is 28.9. The Morgan fingerprint density at radius 2 is 1.69 bits per heavy atom. The third kappa shape index (κ3) is 4.52. The van der Waals surface area contributed by atoms with Crippen LogP contribution < -0.4 is 15.4 Å². The van der Waals surface area contributed by atoms with E-state index in [1.807, 2.05) is 36.4 Å². The molecule has 0 fully saturated rings. The van der Waals surface area contributed by atoms with Crippen molar-refractivity contribution in [3.63, 3.8) is 0 Å². The van der Waals surface area contributed by atoms with Crippen LogP contribution >= 0.6 is 0 Å². The summed E-state index contributed by atoms with van der Waals surface area (Å²) in [5, 5.41) is 5.55. The van der Waals surface area contributed by atoms with Gasteiger partial charge in [-0.15, -0.1) is 0 Å². The molecule has 0 atom stereocenters. The van der Waals surface area contributed by atoms with Gasteiger partial charge in [0.25, 0.3) is 5.91 Å². The van der Waals surface area contributed by atoms with Crippen molar-refractivity contribution in [1.29, 1.82) is 0 Å². The Labute approximate surface area is 185 Å². The summed E-state index contributed by atoms with van der Waals surface area (Å²) in [5.74, 6) is 0.884. The van der Waals surface area contributed by atoms with Gasteiger partial charge in [0.1, 0.15) is 5.75 Å². The number of nitrogens with zero attached hydrogens (tertiary/aromatic N) is 1. The number of nitrogens with one attached hydrogen (secondary N) is 2. The number of amides is 2. The van der Waals surface area contributed by atoms with Gasteiger partial charge < -0.3 is 19.8 Å². The van der Waals surface area contributed by atoms with E-state index >= 15 is 0 Å². The highest BCUT2D eigenvalue weighted by Gasteiger charge is 2.18. The molecule has 0 bridgehead atoms. The van der Waals surface area contributed by atoms with Gasteiger partial charge >= 0.3 is 0 Å². The van der Waals surface area contributed by atoms with Crippen molar-refractivity contribution < 1.29 is 18.7 Å². The van der Waals surface area contributed by atoms with Crippen LogP contribution in [-0.2, 0) is 4.79 Å². The molecule has 0 aliphatic rings. The first-order valence-corrected chi connectivity index (χ1v) is 9.93. The first-order valence-electron chi connectivity index (χ1n) is 9.93. The second-order valence-electron chi connectivity index (χ2n) is 6.99. The maximum absolute atomic E-state index is 13.1. The van der Waals surface area contributed by atoms with Crippen LogP contribution in [0.1, 0.15) is 17.3 Å². The number of ether oxygens (including phenoxy) is 1. The van der Waals surface area contributed by atoms with Crippen LogP contribution in [0.4, 0.5) is 11.4 Å². The molecular weight excluding hydrogens is 406 g/mol. The molecule has 0 spiro atoms. The predicted octanol–water partition coefficient (Wildman–Crippen LogP) is 5.23. The molecule has 160 valence electrons. The summed E-state index contributed by atoms with van der Waals surface area (Å²) in [6.07, 6.45) is 1.64. The summed E-state index contributed by atoms with van der Waals surface area (Å²) in [7, 11) is 1.51. The van der Waals surface area contributed by atoms with Crippen LogP contribution in [0.3, 0.4) is 0 Å². The summed E-state index contributed by atoms with van der Waals surface area (Å²) in [6.45, 7) is 1.40. The predicted molar refractivity (Wildman–Crippen MR) is 123 cm³/mol. The van der Waals surface area contributed by atoms with Crippen molar-refractivity contribution >= 4 is 23.2 Å². The minimum atomic E-state index is -0.334. The lowest BCUT2D eigenvalue weighted by Crippen LogP contribution is -2.14. The van der Waals surface area contributed by atoms with E-state index in [2.05, 4.69) is 15.6 Å². The van der Waals surface area contributed by atoms with Crippen LogP contribution in [0.2, 0.25) is 0 Å². The highest BCUT2D eigenvalue weighted by atomic mass is 16.5. The van der Waals surface area contributed by atoms with E-state index in [-0.39, 0.29) is 11.8 Å². The van der Waals surface area contributed by atoms with Crippen molar-refractivity contribution in [2.45, 2.75) is 6.92 Å². The lowest BCUT2D eigenvalue weighted by molar-refractivity contribution is -0.114.